The number of hydrogen-bond acceptors (Lipinski definition) is 7. The van der Waals surface area contributed by atoms with Crippen molar-refractivity contribution in [3.05, 3.63) is 89.9 Å². The van der Waals surface area contributed by atoms with Crippen molar-refractivity contribution in [3.8, 4) is 23.0 Å². The molecular formula is C35H34FNO6. The van der Waals surface area contributed by atoms with Gasteiger partial charge < -0.3 is 19.3 Å². The maximum atomic E-state index is 15.2. The van der Waals surface area contributed by atoms with Crippen LogP contribution in [0.4, 0.5) is 4.39 Å². The van der Waals surface area contributed by atoms with Gasteiger partial charge >= 0.3 is 0 Å². The van der Waals surface area contributed by atoms with Crippen LogP contribution in [0.25, 0.3) is 10.9 Å². The molecule has 1 aromatic heterocycles. The van der Waals surface area contributed by atoms with E-state index in [1.54, 1.807) is 37.6 Å². The van der Waals surface area contributed by atoms with Gasteiger partial charge in [0.1, 0.15) is 5.75 Å². The summed E-state index contributed by atoms with van der Waals surface area (Å²) < 4.78 is 32.7. The van der Waals surface area contributed by atoms with E-state index in [4.69, 9.17) is 14.2 Å². The summed E-state index contributed by atoms with van der Waals surface area (Å²) in [6, 6.07) is 19.0. The summed E-state index contributed by atoms with van der Waals surface area (Å²) in [5.41, 5.74) is 0.483. The Morgan fingerprint density at radius 3 is 2.28 bits per heavy atom. The first-order valence-corrected chi connectivity index (χ1v) is 14.7. The molecule has 2 aliphatic carbocycles. The summed E-state index contributed by atoms with van der Waals surface area (Å²) in [6.07, 6.45) is 5.96. The van der Waals surface area contributed by atoms with Crippen LogP contribution in [0.2, 0.25) is 0 Å². The lowest BCUT2D eigenvalue weighted by atomic mass is 9.88. The summed E-state index contributed by atoms with van der Waals surface area (Å²) in [5, 5.41) is 10.7. The molecule has 6 rings (SSSR count). The number of hydrogen-bond donors (Lipinski definition) is 1. The smallest absolute Gasteiger partial charge is 0.166 e. The minimum Gasteiger partial charge on any atom is -0.493 e. The maximum absolute atomic E-state index is 15.2. The number of methoxy groups -OCH3 is 1. The standard InChI is InChI=1S/C35H34FNO6/c1-41-30-21-25-27(22-31(30)42-17-5-11-34(40)12-13-34)37-16-10-28(25)43-29-9-8-24(18-26(29)36)20-33(39)35(14-15-35)32(38)19-23-6-3-2-4-7-23/h2-4,6-10,16,18,21-22,40H,5,11-15,17,19-20H2,1H3. The highest BCUT2D eigenvalue weighted by Crippen LogP contribution is 2.49. The number of aliphatic hydroxyl groups is 1. The van der Waals surface area contributed by atoms with Crippen molar-refractivity contribution in [2.24, 2.45) is 5.41 Å². The fourth-order valence-electron chi connectivity index (χ4n) is 5.47. The Labute approximate surface area is 249 Å². The summed E-state index contributed by atoms with van der Waals surface area (Å²) >= 11 is 0. The molecule has 0 atom stereocenters. The molecule has 0 bridgehead atoms. The lowest BCUT2D eigenvalue weighted by Gasteiger charge is -2.15. The van der Waals surface area contributed by atoms with Gasteiger partial charge in [-0.15, -0.1) is 0 Å². The highest BCUT2D eigenvalue weighted by Gasteiger charge is 2.54. The molecule has 0 spiro atoms. The van der Waals surface area contributed by atoms with Gasteiger partial charge in [0, 0.05) is 30.5 Å². The van der Waals surface area contributed by atoms with Crippen LogP contribution in [0.15, 0.2) is 72.9 Å². The highest BCUT2D eigenvalue weighted by atomic mass is 19.1. The van der Waals surface area contributed by atoms with Gasteiger partial charge in [-0.1, -0.05) is 36.4 Å². The first-order chi connectivity index (χ1) is 20.8. The van der Waals surface area contributed by atoms with Crippen molar-refractivity contribution in [2.75, 3.05) is 13.7 Å². The van der Waals surface area contributed by atoms with Gasteiger partial charge in [0.15, 0.2) is 34.6 Å². The first-order valence-electron chi connectivity index (χ1n) is 14.7. The van der Waals surface area contributed by atoms with Gasteiger partial charge in [-0.3, -0.25) is 14.6 Å². The quantitative estimate of drug-likeness (QED) is 0.133. The molecule has 4 aromatic rings. The Bertz CT molecular complexity index is 1660. The van der Waals surface area contributed by atoms with Gasteiger partial charge in [-0.25, -0.2) is 4.39 Å². The molecule has 2 saturated carbocycles. The number of carbonyl (C=O) groups excluding carboxylic acids is 2. The van der Waals surface area contributed by atoms with Crippen LogP contribution in [0.1, 0.15) is 49.7 Å². The molecule has 2 fully saturated rings. The summed E-state index contributed by atoms with van der Waals surface area (Å²) in [5.74, 6) is 0.544. The highest BCUT2D eigenvalue weighted by molar-refractivity contribution is 6.11. The van der Waals surface area contributed by atoms with Gasteiger partial charge in [0.25, 0.3) is 0 Å². The van der Waals surface area contributed by atoms with E-state index in [0.29, 0.717) is 59.6 Å². The monoisotopic (exact) mass is 583 g/mol. The van der Waals surface area contributed by atoms with Crippen molar-refractivity contribution in [1.82, 2.24) is 4.98 Å². The molecule has 0 saturated heterocycles. The SMILES string of the molecule is COc1cc2c(Oc3ccc(CC(=O)C4(C(=O)Cc5ccccc5)CC4)cc3F)ccnc2cc1OCCCC1(O)CC1. The number of aromatic nitrogens is 1. The van der Waals surface area contributed by atoms with Crippen LogP contribution in [0.5, 0.6) is 23.0 Å². The van der Waals surface area contributed by atoms with E-state index in [9.17, 15) is 14.7 Å². The van der Waals surface area contributed by atoms with Gasteiger partial charge in [-0.2, -0.15) is 0 Å². The molecule has 3 aromatic carbocycles. The largest absolute Gasteiger partial charge is 0.493 e. The van der Waals surface area contributed by atoms with E-state index in [1.807, 2.05) is 30.3 Å². The molecule has 2 aliphatic rings. The normalized spacial score (nSPS) is 16.0. The Morgan fingerprint density at radius 1 is 0.860 bits per heavy atom. The average molecular weight is 584 g/mol. The number of ether oxygens (including phenoxy) is 3. The first kappa shape index (κ1) is 28.8. The van der Waals surface area contributed by atoms with Crippen LogP contribution in [0, 0.1) is 11.2 Å². The van der Waals surface area contributed by atoms with Gasteiger partial charge in [-0.05, 0) is 73.9 Å². The molecular weight excluding hydrogens is 549 g/mol. The van der Waals surface area contributed by atoms with Crippen LogP contribution < -0.4 is 14.2 Å². The maximum Gasteiger partial charge on any atom is 0.166 e. The van der Waals surface area contributed by atoms with Crippen LogP contribution >= 0.6 is 0 Å². The minimum absolute atomic E-state index is 0.00212. The van der Waals surface area contributed by atoms with Crippen molar-refractivity contribution in [1.29, 1.82) is 0 Å². The summed E-state index contributed by atoms with van der Waals surface area (Å²) in [4.78, 5) is 30.6. The second-order valence-corrected chi connectivity index (χ2v) is 11.6. The van der Waals surface area contributed by atoms with Gasteiger partial charge in [0.2, 0.25) is 0 Å². The summed E-state index contributed by atoms with van der Waals surface area (Å²) in [7, 11) is 1.54. The Morgan fingerprint density at radius 2 is 1.60 bits per heavy atom. The third-order valence-electron chi connectivity index (χ3n) is 8.46. The number of benzene rings is 3. The molecule has 0 amide bonds. The third-order valence-corrected chi connectivity index (χ3v) is 8.46. The van der Waals surface area contributed by atoms with E-state index in [-0.39, 0.29) is 30.2 Å². The van der Waals surface area contributed by atoms with E-state index >= 15 is 4.39 Å². The van der Waals surface area contributed by atoms with Crippen molar-refractivity contribution >= 4 is 22.5 Å². The zero-order valence-corrected chi connectivity index (χ0v) is 24.1. The predicted molar refractivity (Wildman–Crippen MR) is 159 cm³/mol. The molecule has 43 heavy (non-hydrogen) atoms. The summed E-state index contributed by atoms with van der Waals surface area (Å²) in [6.45, 7) is 0.433. The zero-order valence-electron chi connectivity index (χ0n) is 24.1. The zero-order chi connectivity index (χ0) is 30.0. The number of Topliss-reactive ketones (excluding diaryl/α,β-unsaturated/α-hetero) is 2. The second-order valence-electron chi connectivity index (χ2n) is 11.6. The average Bonchev–Trinajstić information content (AvgIpc) is 3.94. The number of fused-ring (bicyclic) bond motifs is 1. The van der Waals surface area contributed by atoms with Crippen LogP contribution in [-0.2, 0) is 22.4 Å². The van der Waals surface area contributed by atoms with Crippen molar-refractivity contribution in [2.45, 2.75) is 57.0 Å². The fourth-order valence-corrected chi connectivity index (χ4v) is 5.47. The fraction of sp³-hybridized carbons (Fsp3) is 0.343. The molecule has 8 heteroatoms. The molecule has 0 aliphatic heterocycles. The van der Waals surface area contributed by atoms with Crippen molar-refractivity contribution in [3.63, 3.8) is 0 Å². The lowest BCUT2D eigenvalue weighted by molar-refractivity contribution is -0.133. The molecule has 0 radical (unpaired) electrons. The Balaban J connectivity index is 1.13. The number of halogens is 1. The molecule has 222 valence electrons. The molecule has 1 heterocycles. The number of rotatable bonds is 14. The van der Waals surface area contributed by atoms with Gasteiger partial charge in [0.05, 0.1) is 30.2 Å². The number of pyridine rings is 1. The van der Waals surface area contributed by atoms with E-state index in [0.717, 1.165) is 24.8 Å². The second kappa shape index (κ2) is 11.8. The number of carbonyl (C=O) groups is 2. The minimum atomic E-state index is -0.961. The predicted octanol–water partition coefficient (Wildman–Crippen LogP) is 6.56. The lowest BCUT2D eigenvalue weighted by Crippen LogP contribution is -2.28. The van der Waals surface area contributed by atoms with E-state index < -0.39 is 16.8 Å². The topological polar surface area (TPSA) is 95.0 Å². The molecule has 1 N–H and O–H groups in total. The number of ketones is 2. The van der Waals surface area contributed by atoms with Crippen molar-refractivity contribution < 1.29 is 33.3 Å². The Hall–Kier alpha value is -4.30. The van der Waals surface area contributed by atoms with E-state index in [2.05, 4.69) is 4.98 Å². The van der Waals surface area contributed by atoms with Crippen LogP contribution in [-0.4, -0.2) is 41.0 Å². The third kappa shape index (κ3) is 6.39. The number of nitrogens with zero attached hydrogens (tertiary/aromatic N) is 1. The molecule has 0 unspecified atom stereocenters. The molecule has 7 nitrogen and oxygen atoms in total. The Kier molecular flexibility index (Phi) is 7.88. The van der Waals surface area contributed by atoms with E-state index in [1.165, 1.54) is 12.1 Å². The van der Waals surface area contributed by atoms with Crippen LogP contribution in [0.3, 0.4) is 0 Å².